The summed E-state index contributed by atoms with van der Waals surface area (Å²) in [6.07, 6.45) is 2.17. The molecule has 2 heterocycles. The van der Waals surface area contributed by atoms with Crippen LogP contribution in [-0.2, 0) is 17.8 Å². The van der Waals surface area contributed by atoms with Crippen LogP contribution >= 0.6 is 0 Å². The fourth-order valence-corrected chi connectivity index (χ4v) is 5.31. The predicted molar refractivity (Wildman–Crippen MR) is 152 cm³/mol. The molecule has 0 bridgehead atoms. The molecule has 0 saturated carbocycles. The maximum Gasteiger partial charge on any atom is 0.309 e. The number of rotatable bonds is 10. The largest absolute Gasteiger partial charge is 0.485 e. The summed E-state index contributed by atoms with van der Waals surface area (Å²) in [5.41, 5.74) is 6.09. The topological polar surface area (TPSA) is 92.1 Å². The number of hydrogen-bond acceptors (Lipinski definition) is 6. The number of aliphatic hydroxyl groups excluding tert-OH is 1. The number of carboxylic acid groups (broad SMARTS) is 1. The van der Waals surface area contributed by atoms with Gasteiger partial charge in [-0.2, -0.15) is 0 Å². The van der Waals surface area contributed by atoms with Gasteiger partial charge in [-0.05, 0) is 99.0 Å². The molecule has 1 aliphatic rings. The summed E-state index contributed by atoms with van der Waals surface area (Å²) in [5.74, 6) is -0.660. The molecule has 0 spiro atoms. The van der Waals surface area contributed by atoms with E-state index in [1.165, 1.54) is 12.5 Å². The Labute approximate surface area is 231 Å². The van der Waals surface area contributed by atoms with E-state index in [1.54, 1.807) is 25.4 Å². The van der Waals surface area contributed by atoms with E-state index in [-0.39, 0.29) is 6.10 Å². The monoisotopic (exact) mass is 532 g/mol. The van der Waals surface area contributed by atoms with Gasteiger partial charge in [0.1, 0.15) is 11.9 Å². The van der Waals surface area contributed by atoms with Crippen molar-refractivity contribution in [1.29, 1.82) is 0 Å². The minimum atomic E-state index is -1.10. The van der Waals surface area contributed by atoms with Crippen LogP contribution in [-0.4, -0.2) is 45.3 Å². The quantitative estimate of drug-likeness (QED) is 0.321. The molecule has 4 rings (SSSR count). The smallest absolute Gasteiger partial charge is 0.309 e. The van der Waals surface area contributed by atoms with Crippen LogP contribution in [0.25, 0.3) is 11.1 Å². The fourth-order valence-electron chi connectivity index (χ4n) is 5.31. The number of pyridine rings is 1. The van der Waals surface area contributed by atoms with Crippen LogP contribution in [0.5, 0.6) is 11.6 Å². The van der Waals surface area contributed by atoms with Gasteiger partial charge in [0.05, 0.1) is 19.1 Å². The summed E-state index contributed by atoms with van der Waals surface area (Å²) >= 11 is 0. The van der Waals surface area contributed by atoms with E-state index in [0.29, 0.717) is 29.3 Å². The van der Waals surface area contributed by atoms with Gasteiger partial charge in [0.2, 0.25) is 5.88 Å². The molecule has 3 atom stereocenters. The number of methoxy groups -OCH3 is 1. The van der Waals surface area contributed by atoms with Gasteiger partial charge < -0.3 is 19.7 Å². The van der Waals surface area contributed by atoms with Crippen molar-refractivity contribution in [1.82, 2.24) is 9.88 Å². The van der Waals surface area contributed by atoms with E-state index >= 15 is 0 Å². The van der Waals surface area contributed by atoms with Crippen molar-refractivity contribution in [3.05, 3.63) is 77.0 Å². The Hall–Kier alpha value is -3.42. The highest BCUT2D eigenvalue weighted by Crippen LogP contribution is 2.39. The van der Waals surface area contributed by atoms with Gasteiger partial charge in [-0.1, -0.05) is 24.3 Å². The molecule has 0 aliphatic carbocycles. The average molecular weight is 533 g/mol. The third-order valence-corrected chi connectivity index (χ3v) is 7.69. The Kier molecular flexibility index (Phi) is 8.93. The maximum absolute atomic E-state index is 11.4. The van der Waals surface area contributed by atoms with Crippen LogP contribution in [0.2, 0.25) is 0 Å². The highest BCUT2D eigenvalue weighted by Gasteiger charge is 2.28. The molecular formula is C32H40N2O5. The third-order valence-electron chi connectivity index (χ3n) is 7.69. The Morgan fingerprint density at radius 1 is 1.05 bits per heavy atom. The molecule has 208 valence electrons. The summed E-state index contributed by atoms with van der Waals surface area (Å²) in [6, 6.07) is 16.8. The number of nitrogens with zero attached hydrogens (tertiary/aromatic N) is 2. The minimum Gasteiger partial charge on any atom is -0.485 e. The molecule has 0 amide bonds. The number of carboxylic acids is 1. The summed E-state index contributed by atoms with van der Waals surface area (Å²) in [6.45, 7) is 11.2. The number of hydrogen-bond donors (Lipinski definition) is 2. The molecule has 7 heteroatoms. The Morgan fingerprint density at radius 3 is 2.44 bits per heavy atom. The lowest BCUT2D eigenvalue weighted by Crippen LogP contribution is -2.36. The van der Waals surface area contributed by atoms with Crippen molar-refractivity contribution in [3.63, 3.8) is 0 Å². The molecule has 2 aromatic carbocycles. The van der Waals surface area contributed by atoms with Gasteiger partial charge in [0.25, 0.3) is 0 Å². The van der Waals surface area contributed by atoms with Crippen molar-refractivity contribution in [3.8, 4) is 22.8 Å². The number of aliphatic hydroxyl groups is 1. The Morgan fingerprint density at radius 2 is 1.77 bits per heavy atom. The van der Waals surface area contributed by atoms with E-state index in [9.17, 15) is 15.0 Å². The number of aliphatic carboxylic acids is 1. The lowest BCUT2D eigenvalue weighted by atomic mass is 9.90. The van der Waals surface area contributed by atoms with E-state index < -0.39 is 18.0 Å². The third kappa shape index (κ3) is 6.43. The summed E-state index contributed by atoms with van der Waals surface area (Å²) in [5, 5.41) is 20.0. The molecule has 1 aromatic heterocycles. The molecule has 0 radical (unpaired) electrons. The van der Waals surface area contributed by atoms with E-state index in [2.05, 4.69) is 55.8 Å². The van der Waals surface area contributed by atoms with Crippen molar-refractivity contribution in [2.45, 2.75) is 78.3 Å². The van der Waals surface area contributed by atoms with Gasteiger partial charge in [-0.25, -0.2) is 4.98 Å². The SMILES string of the molecule is COc1cc(-c2ccc(C3CCc4ccc([C@H](O)[C@H](C)C(=O)O)cc4O3)c(CN(C(C)C)C(C)C)c2)ccn1. The minimum absolute atomic E-state index is 0.154. The Bertz CT molecular complexity index is 1300. The molecule has 0 saturated heterocycles. The first-order valence-corrected chi connectivity index (χ1v) is 13.7. The van der Waals surface area contributed by atoms with Crippen molar-refractivity contribution < 1.29 is 24.5 Å². The van der Waals surface area contributed by atoms with Crippen LogP contribution in [0.15, 0.2) is 54.7 Å². The normalized spacial score (nSPS) is 16.6. The molecule has 39 heavy (non-hydrogen) atoms. The van der Waals surface area contributed by atoms with Gasteiger partial charge in [0, 0.05) is 30.9 Å². The van der Waals surface area contributed by atoms with Gasteiger partial charge in [0.15, 0.2) is 0 Å². The lowest BCUT2D eigenvalue weighted by Gasteiger charge is -2.33. The fraction of sp³-hybridized carbons (Fsp3) is 0.438. The molecular weight excluding hydrogens is 492 g/mol. The van der Waals surface area contributed by atoms with Crippen molar-refractivity contribution in [2.75, 3.05) is 7.11 Å². The van der Waals surface area contributed by atoms with Crippen LogP contribution in [0.3, 0.4) is 0 Å². The number of fused-ring (bicyclic) bond motifs is 1. The van der Waals surface area contributed by atoms with Gasteiger partial charge in [-0.15, -0.1) is 0 Å². The molecule has 0 fully saturated rings. The molecule has 1 aliphatic heterocycles. The Balaban J connectivity index is 1.71. The van der Waals surface area contributed by atoms with Gasteiger partial charge in [-0.3, -0.25) is 9.69 Å². The zero-order valence-corrected chi connectivity index (χ0v) is 23.7. The maximum atomic E-state index is 11.4. The van der Waals surface area contributed by atoms with E-state index in [4.69, 9.17) is 9.47 Å². The molecule has 7 nitrogen and oxygen atoms in total. The van der Waals surface area contributed by atoms with Crippen molar-refractivity contribution >= 4 is 5.97 Å². The predicted octanol–water partition coefficient (Wildman–Crippen LogP) is 6.20. The highest BCUT2D eigenvalue weighted by atomic mass is 16.5. The van der Waals surface area contributed by atoms with Gasteiger partial charge >= 0.3 is 5.97 Å². The standard InChI is InChI=1S/C32H40N2O5/c1-19(2)34(20(3)4)18-26-15-23(24-13-14-33-30(17-24)38-6)9-11-27(26)28-12-10-22-7-8-25(16-29(22)39-28)31(35)21(5)32(36)37/h7-9,11,13-17,19-21,28,31,35H,10,12,18H2,1-6H3,(H,36,37)/t21-,28?,31+/m0/s1. The number of ether oxygens (including phenoxy) is 2. The first-order valence-electron chi connectivity index (χ1n) is 13.7. The van der Waals surface area contributed by atoms with E-state index in [1.807, 2.05) is 18.2 Å². The highest BCUT2D eigenvalue weighted by molar-refractivity contribution is 5.70. The average Bonchev–Trinajstić information content (AvgIpc) is 2.93. The first kappa shape index (κ1) is 28.6. The summed E-state index contributed by atoms with van der Waals surface area (Å²) < 4.78 is 11.9. The van der Waals surface area contributed by atoms with Crippen LogP contribution in [0, 0.1) is 5.92 Å². The second-order valence-electron chi connectivity index (χ2n) is 10.9. The first-order chi connectivity index (χ1) is 18.6. The number of aryl methyl sites for hydroxylation is 1. The van der Waals surface area contributed by atoms with Crippen molar-refractivity contribution in [2.24, 2.45) is 5.92 Å². The van der Waals surface area contributed by atoms with Crippen LogP contribution < -0.4 is 9.47 Å². The zero-order valence-electron chi connectivity index (χ0n) is 23.7. The second kappa shape index (κ2) is 12.2. The second-order valence-corrected chi connectivity index (χ2v) is 10.9. The number of aromatic nitrogens is 1. The summed E-state index contributed by atoms with van der Waals surface area (Å²) in [7, 11) is 1.62. The summed E-state index contributed by atoms with van der Waals surface area (Å²) in [4.78, 5) is 18.1. The zero-order chi connectivity index (χ0) is 28.3. The molecule has 1 unspecified atom stereocenters. The number of carbonyl (C=O) groups is 1. The van der Waals surface area contributed by atoms with Crippen LogP contribution in [0.1, 0.15) is 75.5 Å². The molecule has 3 aromatic rings. The molecule has 2 N–H and O–H groups in total. The van der Waals surface area contributed by atoms with Crippen LogP contribution in [0.4, 0.5) is 0 Å². The van der Waals surface area contributed by atoms with E-state index in [0.717, 1.165) is 41.6 Å². The lowest BCUT2D eigenvalue weighted by molar-refractivity contribution is -0.145. The number of benzene rings is 2.